The number of carbonyl (C=O) groups excluding carboxylic acids is 1. The van der Waals surface area contributed by atoms with Gasteiger partial charge in [0.1, 0.15) is 10.7 Å². The Kier molecular flexibility index (Phi) is 8.08. The number of rotatable bonds is 6. The molecule has 1 atom stereocenters. The molecular formula is C31H30Cl2FN5O3S. The van der Waals surface area contributed by atoms with E-state index in [1.807, 2.05) is 28.0 Å². The fourth-order valence-corrected chi connectivity index (χ4v) is 8.25. The summed E-state index contributed by atoms with van der Waals surface area (Å²) in [6, 6.07) is 18.4. The lowest BCUT2D eigenvalue weighted by molar-refractivity contribution is -0.120. The number of aldehydes is 1. The maximum atomic E-state index is 14.2. The first kappa shape index (κ1) is 29.8. The minimum absolute atomic E-state index is 0.0947. The van der Waals surface area contributed by atoms with E-state index in [0.717, 1.165) is 12.0 Å². The average molecular weight is 643 g/mol. The molecule has 12 heteroatoms. The smallest absolute Gasteiger partial charge is 0.245 e. The maximum Gasteiger partial charge on any atom is 0.245 e. The van der Waals surface area contributed by atoms with E-state index in [9.17, 15) is 17.6 Å². The number of para-hydroxylation sites is 1. The van der Waals surface area contributed by atoms with Gasteiger partial charge in [0.05, 0.1) is 22.8 Å². The molecule has 2 aliphatic heterocycles. The van der Waals surface area contributed by atoms with E-state index in [2.05, 4.69) is 9.88 Å². The lowest BCUT2D eigenvalue weighted by atomic mass is 10.00. The van der Waals surface area contributed by atoms with Gasteiger partial charge in [-0.05, 0) is 61.0 Å². The Morgan fingerprint density at radius 1 is 0.907 bits per heavy atom. The van der Waals surface area contributed by atoms with Gasteiger partial charge in [-0.1, -0.05) is 41.4 Å². The number of aryl methyl sites for hydroxylation is 1. The molecule has 2 saturated heterocycles. The fourth-order valence-electron chi connectivity index (χ4n) is 6.22. The van der Waals surface area contributed by atoms with Crippen LogP contribution < -0.4 is 9.80 Å². The van der Waals surface area contributed by atoms with Gasteiger partial charge in [0.25, 0.3) is 0 Å². The van der Waals surface area contributed by atoms with Gasteiger partial charge in [-0.2, -0.15) is 4.31 Å². The van der Waals surface area contributed by atoms with Gasteiger partial charge in [0, 0.05) is 61.6 Å². The third kappa shape index (κ3) is 5.36. The molecule has 2 aliphatic rings. The molecule has 6 rings (SSSR count). The van der Waals surface area contributed by atoms with Crippen molar-refractivity contribution in [3.05, 3.63) is 94.4 Å². The number of sulfonamides is 1. The third-order valence-electron chi connectivity index (χ3n) is 8.38. The van der Waals surface area contributed by atoms with Gasteiger partial charge >= 0.3 is 0 Å². The minimum Gasteiger partial charge on any atom is -0.368 e. The predicted octanol–water partition coefficient (Wildman–Crippen LogP) is 5.22. The van der Waals surface area contributed by atoms with Crippen LogP contribution in [-0.2, 0) is 14.8 Å². The standard InChI is InChI=1S/C31H30Cl2FN5O3S/c1-22-18-25(34)8-10-27(22)39-17-16-38(43(41,42)29-6-2-4-23-5-3-11-35-30(23)29)20-31(39,21-40)37-14-12-36(13-15-37)28-19-24(32)7-9-26(28)33/h2-11,18-19,21H,12-17,20H2,1H3. The van der Waals surface area contributed by atoms with E-state index in [0.29, 0.717) is 58.4 Å². The summed E-state index contributed by atoms with van der Waals surface area (Å²) in [4.78, 5) is 23.9. The molecule has 4 aromatic rings. The zero-order chi connectivity index (χ0) is 30.4. The molecule has 224 valence electrons. The minimum atomic E-state index is -4.04. The van der Waals surface area contributed by atoms with Crippen LogP contribution in [0.1, 0.15) is 5.56 Å². The Labute approximate surface area is 260 Å². The molecule has 0 radical (unpaired) electrons. The molecule has 8 nitrogen and oxygen atoms in total. The Hall–Kier alpha value is -3.28. The maximum absolute atomic E-state index is 14.2. The van der Waals surface area contributed by atoms with Crippen LogP contribution in [0.15, 0.2) is 77.8 Å². The molecule has 3 heterocycles. The lowest BCUT2D eigenvalue weighted by Crippen LogP contribution is -2.74. The third-order valence-corrected chi connectivity index (χ3v) is 10.8. The van der Waals surface area contributed by atoms with Crippen LogP contribution in [0.3, 0.4) is 0 Å². The topological polar surface area (TPSA) is 77.1 Å². The number of halogens is 3. The van der Waals surface area contributed by atoms with Crippen molar-refractivity contribution in [2.75, 3.05) is 55.6 Å². The number of anilines is 2. The van der Waals surface area contributed by atoms with Crippen molar-refractivity contribution in [3.63, 3.8) is 0 Å². The second kappa shape index (κ2) is 11.7. The summed E-state index contributed by atoms with van der Waals surface area (Å²) in [6.07, 6.45) is 2.40. The summed E-state index contributed by atoms with van der Waals surface area (Å²) in [7, 11) is -4.04. The zero-order valence-electron chi connectivity index (χ0n) is 23.5. The lowest BCUT2D eigenvalue weighted by Gasteiger charge is -2.55. The predicted molar refractivity (Wildman–Crippen MR) is 168 cm³/mol. The van der Waals surface area contributed by atoms with Crippen LogP contribution in [-0.4, -0.2) is 80.4 Å². The molecule has 1 unspecified atom stereocenters. The number of piperazine rings is 2. The average Bonchev–Trinajstić information content (AvgIpc) is 3.02. The molecule has 0 amide bonds. The molecule has 3 aromatic carbocycles. The molecule has 0 spiro atoms. The van der Waals surface area contributed by atoms with Crippen LogP contribution in [0.25, 0.3) is 10.9 Å². The van der Waals surface area contributed by atoms with Crippen LogP contribution in [0.2, 0.25) is 10.0 Å². The molecule has 0 saturated carbocycles. The van der Waals surface area contributed by atoms with Gasteiger partial charge in [-0.3, -0.25) is 14.7 Å². The van der Waals surface area contributed by atoms with E-state index < -0.39 is 15.7 Å². The van der Waals surface area contributed by atoms with Crippen molar-refractivity contribution >= 4 is 61.8 Å². The van der Waals surface area contributed by atoms with Crippen molar-refractivity contribution in [2.45, 2.75) is 17.5 Å². The highest BCUT2D eigenvalue weighted by Gasteiger charge is 2.50. The van der Waals surface area contributed by atoms with Crippen LogP contribution in [0, 0.1) is 12.7 Å². The van der Waals surface area contributed by atoms with Crippen molar-refractivity contribution < 1.29 is 17.6 Å². The van der Waals surface area contributed by atoms with Crippen molar-refractivity contribution in [1.82, 2.24) is 14.2 Å². The largest absolute Gasteiger partial charge is 0.368 e. The summed E-state index contributed by atoms with van der Waals surface area (Å²) < 4.78 is 43.9. The number of hydrogen-bond donors (Lipinski definition) is 0. The SMILES string of the molecule is Cc1cc(F)ccc1N1CCN(S(=O)(=O)c2cccc3cccnc23)CC1(C=O)N1CCN(c2cc(Cl)ccc2Cl)CC1. The number of benzene rings is 3. The number of fused-ring (bicyclic) bond motifs is 1. The number of aromatic nitrogens is 1. The Balaban J connectivity index is 1.38. The number of nitrogens with zero attached hydrogens (tertiary/aromatic N) is 5. The molecule has 0 N–H and O–H groups in total. The summed E-state index contributed by atoms with van der Waals surface area (Å²) in [5.74, 6) is -0.380. The second-order valence-electron chi connectivity index (χ2n) is 10.8. The normalized spacial score (nSPS) is 20.5. The first-order valence-electron chi connectivity index (χ1n) is 13.9. The van der Waals surface area contributed by atoms with Gasteiger partial charge in [0.2, 0.25) is 10.0 Å². The molecule has 0 aliphatic carbocycles. The van der Waals surface area contributed by atoms with Gasteiger partial charge in [-0.25, -0.2) is 12.8 Å². The number of pyridine rings is 1. The number of carbonyl (C=O) groups is 1. The van der Waals surface area contributed by atoms with Gasteiger partial charge < -0.3 is 9.80 Å². The fraction of sp³-hybridized carbons (Fsp3) is 0.290. The highest BCUT2D eigenvalue weighted by molar-refractivity contribution is 7.89. The summed E-state index contributed by atoms with van der Waals surface area (Å²) >= 11 is 12.7. The van der Waals surface area contributed by atoms with E-state index in [1.165, 1.54) is 16.4 Å². The molecule has 0 bridgehead atoms. The Morgan fingerprint density at radius 3 is 2.42 bits per heavy atom. The van der Waals surface area contributed by atoms with Crippen LogP contribution in [0.5, 0.6) is 0 Å². The van der Waals surface area contributed by atoms with Gasteiger partial charge in [-0.15, -0.1) is 0 Å². The highest BCUT2D eigenvalue weighted by atomic mass is 35.5. The van der Waals surface area contributed by atoms with Gasteiger partial charge in [0.15, 0.2) is 11.9 Å². The Morgan fingerprint density at radius 2 is 1.67 bits per heavy atom. The van der Waals surface area contributed by atoms with E-state index in [1.54, 1.807) is 49.5 Å². The van der Waals surface area contributed by atoms with E-state index >= 15 is 0 Å². The molecule has 43 heavy (non-hydrogen) atoms. The Bertz CT molecular complexity index is 1800. The van der Waals surface area contributed by atoms with E-state index in [4.69, 9.17) is 23.2 Å². The van der Waals surface area contributed by atoms with Crippen molar-refractivity contribution in [1.29, 1.82) is 0 Å². The number of hydrogen-bond acceptors (Lipinski definition) is 7. The molecule has 1 aromatic heterocycles. The summed E-state index contributed by atoms with van der Waals surface area (Å²) in [5.41, 5.74) is 1.17. The monoisotopic (exact) mass is 641 g/mol. The second-order valence-corrected chi connectivity index (χ2v) is 13.6. The first-order chi connectivity index (χ1) is 20.6. The van der Waals surface area contributed by atoms with Crippen molar-refractivity contribution in [2.24, 2.45) is 0 Å². The zero-order valence-corrected chi connectivity index (χ0v) is 25.8. The molecule has 2 fully saturated rings. The summed E-state index contributed by atoms with van der Waals surface area (Å²) in [6.45, 7) is 4.00. The van der Waals surface area contributed by atoms with Crippen molar-refractivity contribution in [3.8, 4) is 0 Å². The summed E-state index contributed by atoms with van der Waals surface area (Å²) in [5, 5.41) is 1.85. The molecular weight excluding hydrogens is 612 g/mol. The van der Waals surface area contributed by atoms with Crippen LogP contribution >= 0.6 is 23.2 Å². The van der Waals surface area contributed by atoms with Crippen LogP contribution in [0.4, 0.5) is 15.8 Å². The highest BCUT2D eigenvalue weighted by Crippen LogP contribution is 2.37. The quantitative estimate of drug-likeness (QED) is 0.267. The first-order valence-corrected chi connectivity index (χ1v) is 16.1. The van der Waals surface area contributed by atoms with E-state index in [-0.39, 0.29) is 30.3 Å².